The second-order valence-electron chi connectivity index (χ2n) is 6.54. The molecule has 3 rings (SSSR count). The Morgan fingerprint density at radius 1 is 1.18 bits per heavy atom. The van der Waals surface area contributed by atoms with Crippen molar-refractivity contribution < 1.29 is 22.7 Å². The summed E-state index contributed by atoms with van der Waals surface area (Å²) in [5.41, 5.74) is 0.914. The zero-order chi connectivity index (χ0) is 24.0. The normalized spacial score (nSPS) is 11.1. The third kappa shape index (κ3) is 6.44. The van der Waals surface area contributed by atoms with Crippen LogP contribution >= 0.6 is 34.7 Å². The number of aromatic nitrogens is 2. The minimum absolute atomic E-state index is 0.0459. The summed E-state index contributed by atoms with van der Waals surface area (Å²) in [6.07, 6.45) is 0. The number of thioether (sulfide) groups is 1. The molecule has 2 aromatic carbocycles. The number of aryl methyl sites for hydroxylation is 1. The van der Waals surface area contributed by atoms with E-state index in [0.29, 0.717) is 20.6 Å². The first-order chi connectivity index (χ1) is 15.7. The lowest BCUT2D eigenvalue weighted by atomic mass is 10.2. The maximum Gasteiger partial charge on any atom is 0.316 e. The smallest absolute Gasteiger partial charge is 0.316 e. The Bertz CT molecular complexity index is 1250. The number of amides is 1. The number of esters is 1. The summed E-state index contributed by atoms with van der Waals surface area (Å²) < 4.78 is 32.8. The summed E-state index contributed by atoms with van der Waals surface area (Å²) in [4.78, 5) is 24.1. The van der Waals surface area contributed by atoms with Gasteiger partial charge in [-0.3, -0.25) is 19.2 Å². The van der Waals surface area contributed by atoms with Crippen molar-refractivity contribution in [3.05, 3.63) is 59.1 Å². The van der Waals surface area contributed by atoms with E-state index in [4.69, 9.17) is 11.6 Å². The van der Waals surface area contributed by atoms with Crippen LogP contribution in [0.25, 0.3) is 0 Å². The van der Waals surface area contributed by atoms with Crippen LogP contribution in [-0.4, -0.2) is 49.9 Å². The van der Waals surface area contributed by atoms with Crippen LogP contribution in [0, 0.1) is 6.92 Å². The molecule has 1 heterocycles. The highest BCUT2D eigenvalue weighted by molar-refractivity contribution is 8.01. The van der Waals surface area contributed by atoms with Gasteiger partial charge in [-0.15, -0.1) is 10.2 Å². The summed E-state index contributed by atoms with van der Waals surface area (Å²) in [5.74, 6) is -0.969. The maximum atomic E-state index is 13.4. The predicted molar refractivity (Wildman–Crippen MR) is 128 cm³/mol. The number of ether oxygens (including phenoxy) is 1. The van der Waals surface area contributed by atoms with Gasteiger partial charge in [0.1, 0.15) is 6.54 Å². The Morgan fingerprint density at radius 3 is 2.58 bits per heavy atom. The monoisotopic (exact) mass is 526 g/mol. The van der Waals surface area contributed by atoms with E-state index >= 15 is 0 Å². The number of rotatable bonds is 9. The second-order valence-corrected chi connectivity index (χ2v) is 11.0. The topological polar surface area (TPSA) is 119 Å². The van der Waals surface area contributed by atoms with Crippen LogP contribution in [0.5, 0.6) is 0 Å². The number of nitrogens with one attached hydrogen (secondary N) is 1. The van der Waals surface area contributed by atoms with Crippen molar-refractivity contribution >= 4 is 67.4 Å². The molecule has 9 nitrogen and oxygen atoms in total. The fourth-order valence-corrected chi connectivity index (χ4v) is 6.04. The molecule has 0 aliphatic rings. The number of carbonyl (C=O) groups excluding carboxylic acids is 2. The van der Waals surface area contributed by atoms with Gasteiger partial charge in [-0.2, -0.15) is 0 Å². The average molecular weight is 527 g/mol. The number of anilines is 2. The zero-order valence-corrected chi connectivity index (χ0v) is 20.7. The molecular weight excluding hydrogens is 508 g/mol. The second kappa shape index (κ2) is 11.0. The first-order valence-electron chi connectivity index (χ1n) is 9.37. The molecule has 174 valence electrons. The molecule has 33 heavy (non-hydrogen) atoms. The molecule has 1 N–H and O–H groups in total. The van der Waals surface area contributed by atoms with Crippen LogP contribution in [0.3, 0.4) is 0 Å². The van der Waals surface area contributed by atoms with Crippen molar-refractivity contribution in [1.82, 2.24) is 10.2 Å². The zero-order valence-electron chi connectivity index (χ0n) is 17.5. The largest absolute Gasteiger partial charge is 0.468 e. The summed E-state index contributed by atoms with van der Waals surface area (Å²) in [6.45, 7) is 1.21. The van der Waals surface area contributed by atoms with E-state index in [9.17, 15) is 18.0 Å². The molecule has 0 unspecified atom stereocenters. The number of sulfonamides is 1. The molecule has 0 spiro atoms. The number of hydrogen-bond acceptors (Lipinski definition) is 9. The quantitative estimate of drug-likeness (QED) is 0.255. The molecule has 0 saturated heterocycles. The van der Waals surface area contributed by atoms with E-state index in [-0.39, 0.29) is 15.8 Å². The van der Waals surface area contributed by atoms with Gasteiger partial charge in [0.15, 0.2) is 4.34 Å². The van der Waals surface area contributed by atoms with Crippen LogP contribution in [0.4, 0.5) is 10.8 Å². The first kappa shape index (κ1) is 25.0. The van der Waals surface area contributed by atoms with Gasteiger partial charge in [0.2, 0.25) is 11.0 Å². The third-order valence-electron chi connectivity index (χ3n) is 4.24. The average Bonchev–Trinajstić information content (AvgIpc) is 3.24. The van der Waals surface area contributed by atoms with Crippen molar-refractivity contribution in [1.29, 1.82) is 0 Å². The SMILES string of the molecule is COC(=O)CSc1nnc(NC(=O)CN(c2ccc(Cl)cc2C)S(=O)(=O)c2ccccc2)s1. The van der Waals surface area contributed by atoms with Gasteiger partial charge in [0.25, 0.3) is 10.0 Å². The van der Waals surface area contributed by atoms with Crippen LogP contribution in [-0.2, 0) is 24.3 Å². The predicted octanol–water partition coefficient (Wildman–Crippen LogP) is 3.60. The molecule has 0 fully saturated rings. The van der Waals surface area contributed by atoms with Gasteiger partial charge in [0, 0.05) is 5.02 Å². The number of halogens is 1. The highest BCUT2D eigenvalue weighted by Crippen LogP contribution is 2.29. The summed E-state index contributed by atoms with van der Waals surface area (Å²) >= 11 is 8.21. The van der Waals surface area contributed by atoms with Gasteiger partial charge >= 0.3 is 5.97 Å². The third-order valence-corrected chi connectivity index (χ3v) is 8.19. The van der Waals surface area contributed by atoms with Crippen LogP contribution < -0.4 is 9.62 Å². The maximum absolute atomic E-state index is 13.4. The highest BCUT2D eigenvalue weighted by atomic mass is 35.5. The van der Waals surface area contributed by atoms with Crippen molar-refractivity contribution in [3.63, 3.8) is 0 Å². The molecule has 0 aliphatic heterocycles. The highest BCUT2D eigenvalue weighted by Gasteiger charge is 2.28. The number of methoxy groups -OCH3 is 1. The Hall–Kier alpha value is -2.67. The Balaban J connectivity index is 1.83. The van der Waals surface area contributed by atoms with Gasteiger partial charge in [-0.25, -0.2) is 8.42 Å². The fourth-order valence-electron chi connectivity index (χ4n) is 2.71. The first-order valence-corrected chi connectivity index (χ1v) is 13.0. The van der Waals surface area contributed by atoms with Gasteiger partial charge < -0.3 is 4.74 Å². The summed E-state index contributed by atoms with van der Waals surface area (Å²) in [5, 5.41) is 11.0. The molecule has 13 heteroatoms. The number of nitrogens with zero attached hydrogens (tertiary/aromatic N) is 3. The van der Waals surface area contributed by atoms with E-state index in [2.05, 4.69) is 20.3 Å². The van der Waals surface area contributed by atoms with E-state index in [0.717, 1.165) is 27.4 Å². The van der Waals surface area contributed by atoms with E-state index in [1.807, 2.05) is 0 Å². The van der Waals surface area contributed by atoms with Crippen molar-refractivity contribution in [2.75, 3.05) is 29.0 Å². The van der Waals surface area contributed by atoms with Crippen LogP contribution in [0.1, 0.15) is 5.56 Å². The number of benzene rings is 2. The standard InChI is InChI=1S/C20H19ClN4O5S3/c1-13-10-14(21)8-9-16(13)25(33(28,29)15-6-4-3-5-7-15)11-17(26)22-19-23-24-20(32-19)31-12-18(27)30-2/h3-10H,11-12H2,1-2H3,(H,22,23,26). The fraction of sp³-hybridized carbons (Fsp3) is 0.200. The number of hydrogen-bond donors (Lipinski definition) is 1. The Morgan fingerprint density at radius 2 is 1.91 bits per heavy atom. The van der Waals surface area contributed by atoms with Crippen molar-refractivity contribution in [3.8, 4) is 0 Å². The lowest BCUT2D eigenvalue weighted by Gasteiger charge is -2.25. The molecule has 3 aromatic rings. The van der Waals surface area contributed by atoms with Crippen LogP contribution in [0.15, 0.2) is 57.8 Å². The lowest BCUT2D eigenvalue weighted by molar-refractivity contribution is -0.137. The molecule has 0 aliphatic carbocycles. The summed E-state index contributed by atoms with van der Waals surface area (Å²) in [7, 11) is -2.77. The molecule has 1 aromatic heterocycles. The van der Waals surface area contributed by atoms with Crippen molar-refractivity contribution in [2.24, 2.45) is 0 Å². The van der Waals surface area contributed by atoms with Crippen molar-refractivity contribution in [2.45, 2.75) is 16.2 Å². The Kier molecular flexibility index (Phi) is 8.30. The van der Waals surface area contributed by atoms with Gasteiger partial charge in [-0.1, -0.05) is 52.9 Å². The van der Waals surface area contributed by atoms with Crippen LogP contribution in [0.2, 0.25) is 5.02 Å². The minimum Gasteiger partial charge on any atom is -0.468 e. The lowest BCUT2D eigenvalue weighted by Crippen LogP contribution is -2.38. The minimum atomic E-state index is -4.05. The molecule has 0 radical (unpaired) electrons. The molecule has 0 atom stereocenters. The summed E-state index contributed by atoms with van der Waals surface area (Å²) in [6, 6.07) is 12.6. The Labute approximate surface area is 204 Å². The van der Waals surface area contributed by atoms with E-state index < -0.39 is 28.4 Å². The van der Waals surface area contributed by atoms with Gasteiger partial charge in [0.05, 0.1) is 23.4 Å². The van der Waals surface area contributed by atoms with E-state index in [1.165, 1.54) is 19.2 Å². The van der Waals surface area contributed by atoms with Gasteiger partial charge in [-0.05, 0) is 42.8 Å². The molecular formula is C20H19ClN4O5S3. The molecule has 1 amide bonds. The molecule has 0 saturated carbocycles. The van der Waals surface area contributed by atoms with E-state index in [1.54, 1.807) is 43.3 Å². The number of carbonyl (C=O) groups is 2. The molecule has 0 bridgehead atoms.